The maximum atomic E-state index is 12.4. The maximum absolute atomic E-state index is 12.4. The minimum absolute atomic E-state index is 0.115. The molecule has 5 rings (SSSR count). The minimum Gasteiger partial charge on any atom is -0.340 e. The molecule has 0 bridgehead atoms. The molecule has 0 spiro atoms. The van der Waals surface area contributed by atoms with Crippen LogP contribution in [0.2, 0.25) is 5.02 Å². The van der Waals surface area contributed by atoms with Gasteiger partial charge in [0.2, 0.25) is 0 Å². The number of carbonyl (C=O) groups excluding carboxylic acids is 1. The Labute approximate surface area is 173 Å². The molecule has 6 heteroatoms. The Morgan fingerprint density at radius 1 is 1.07 bits per heavy atom. The molecule has 2 heterocycles. The van der Waals surface area contributed by atoms with Crippen LogP contribution in [0, 0.1) is 0 Å². The first-order valence-electron chi connectivity index (χ1n) is 9.63. The first-order valence-corrected chi connectivity index (χ1v) is 10.0. The number of anilines is 1. The van der Waals surface area contributed by atoms with Gasteiger partial charge in [0, 0.05) is 22.5 Å². The van der Waals surface area contributed by atoms with Crippen LogP contribution in [0.1, 0.15) is 41.0 Å². The second-order valence-electron chi connectivity index (χ2n) is 7.44. The number of benzene rings is 2. The lowest BCUT2D eigenvalue weighted by molar-refractivity contribution is 0.102. The first kappa shape index (κ1) is 17.9. The third-order valence-electron chi connectivity index (χ3n) is 5.70. The highest BCUT2D eigenvalue weighted by molar-refractivity contribution is 6.31. The Hall–Kier alpha value is -3.18. The first-order chi connectivity index (χ1) is 14.1. The fourth-order valence-corrected chi connectivity index (χ4v) is 4.16. The van der Waals surface area contributed by atoms with Gasteiger partial charge >= 0.3 is 0 Å². The zero-order valence-electron chi connectivity index (χ0n) is 15.7. The van der Waals surface area contributed by atoms with Gasteiger partial charge in [0.1, 0.15) is 5.82 Å². The molecule has 0 unspecified atom stereocenters. The summed E-state index contributed by atoms with van der Waals surface area (Å²) in [4.78, 5) is 25.0. The Balaban J connectivity index is 1.40. The third kappa shape index (κ3) is 3.17. The van der Waals surface area contributed by atoms with Crippen molar-refractivity contribution >= 4 is 34.4 Å². The van der Waals surface area contributed by atoms with Crippen molar-refractivity contribution in [3.63, 3.8) is 0 Å². The molecule has 2 aromatic carbocycles. The number of carbonyl (C=O) groups is 1. The number of fused-ring (bicyclic) bond motifs is 1. The van der Waals surface area contributed by atoms with Crippen LogP contribution in [-0.4, -0.2) is 20.9 Å². The number of imidazole rings is 1. The number of amides is 1. The van der Waals surface area contributed by atoms with Crippen LogP contribution in [0.3, 0.4) is 0 Å². The SMILES string of the molecule is O=C(Nc1ccc(C2(c3nc4ncccc4[nH]3)CCC2)cc1)c1cccc(Cl)c1. The van der Waals surface area contributed by atoms with Crippen molar-refractivity contribution in [2.75, 3.05) is 5.32 Å². The zero-order valence-corrected chi connectivity index (χ0v) is 16.4. The van der Waals surface area contributed by atoms with Crippen LogP contribution in [0.5, 0.6) is 0 Å². The maximum Gasteiger partial charge on any atom is 0.255 e. The summed E-state index contributed by atoms with van der Waals surface area (Å²) in [6, 6.07) is 18.9. The lowest BCUT2D eigenvalue weighted by Gasteiger charge is -2.40. The number of aromatic nitrogens is 3. The number of nitrogens with one attached hydrogen (secondary N) is 2. The van der Waals surface area contributed by atoms with E-state index in [4.69, 9.17) is 16.6 Å². The van der Waals surface area contributed by atoms with Crippen molar-refractivity contribution in [2.45, 2.75) is 24.7 Å². The zero-order chi connectivity index (χ0) is 19.8. The largest absolute Gasteiger partial charge is 0.340 e. The molecule has 1 saturated carbocycles. The Morgan fingerprint density at radius 2 is 1.90 bits per heavy atom. The van der Waals surface area contributed by atoms with Gasteiger partial charge < -0.3 is 10.3 Å². The second-order valence-corrected chi connectivity index (χ2v) is 7.87. The number of hydrogen-bond donors (Lipinski definition) is 2. The van der Waals surface area contributed by atoms with Gasteiger partial charge in [-0.05, 0) is 60.9 Å². The molecule has 0 aliphatic heterocycles. The van der Waals surface area contributed by atoms with Gasteiger partial charge in [-0.2, -0.15) is 0 Å². The molecule has 144 valence electrons. The van der Waals surface area contributed by atoms with Crippen LogP contribution in [-0.2, 0) is 5.41 Å². The molecule has 2 aromatic heterocycles. The molecule has 1 aliphatic carbocycles. The summed E-state index contributed by atoms with van der Waals surface area (Å²) < 4.78 is 0. The normalized spacial score (nSPS) is 15.1. The highest BCUT2D eigenvalue weighted by Crippen LogP contribution is 2.48. The molecule has 29 heavy (non-hydrogen) atoms. The lowest BCUT2D eigenvalue weighted by Crippen LogP contribution is -2.36. The average molecular weight is 403 g/mol. The molecule has 4 aromatic rings. The van der Waals surface area contributed by atoms with Crippen LogP contribution in [0.15, 0.2) is 66.9 Å². The lowest BCUT2D eigenvalue weighted by atomic mass is 9.64. The minimum atomic E-state index is -0.179. The number of rotatable bonds is 4. The van der Waals surface area contributed by atoms with Gasteiger partial charge in [0.15, 0.2) is 5.65 Å². The summed E-state index contributed by atoms with van der Waals surface area (Å²) in [5.74, 6) is 0.787. The summed E-state index contributed by atoms with van der Waals surface area (Å²) >= 11 is 5.98. The fraction of sp³-hybridized carbons (Fsp3) is 0.174. The van der Waals surface area contributed by atoms with E-state index in [1.807, 2.05) is 24.3 Å². The van der Waals surface area contributed by atoms with Crippen molar-refractivity contribution < 1.29 is 4.79 Å². The molecular formula is C23H19ClN4O. The molecule has 2 N–H and O–H groups in total. The van der Waals surface area contributed by atoms with Crippen molar-refractivity contribution in [1.82, 2.24) is 15.0 Å². The van der Waals surface area contributed by atoms with E-state index in [1.54, 1.807) is 30.5 Å². The van der Waals surface area contributed by atoms with Gasteiger partial charge in [-0.1, -0.05) is 36.2 Å². The quantitative estimate of drug-likeness (QED) is 0.484. The van der Waals surface area contributed by atoms with Gasteiger partial charge in [0.25, 0.3) is 5.91 Å². The van der Waals surface area contributed by atoms with Gasteiger partial charge in [-0.15, -0.1) is 0 Å². The average Bonchev–Trinajstić information content (AvgIpc) is 3.12. The number of pyridine rings is 1. The molecule has 5 nitrogen and oxygen atoms in total. The molecule has 0 radical (unpaired) electrons. The smallest absolute Gasteiger partial charge is 0.255 e. The number of halogens is 1. The van der Waals surface area contributed by atoms with Crippen molar-refractivity contribution in [2.24, 2.45) is 0 Å². The van der Waals surface area contributed by atoms with Crippen LogP contribution >= 0.6 is 11.6 Å². The predicted molar refractivity (Wildman–Crippen MR) is 114 cm³/mol. The van der Waals surface area contributed by atoms with E-state index >= 15 is 0 Å². The number of aromatic amines is 1. The molecule has 1 aliphatic rings. The second kappa shape index (κ2) is 7.01. The molecule has 0 atom stereocenters. The fourth-order valence-electron chi connectivity index (χ4n) is 3.97. The molecule has 1 fully saturated rings. The van der Waals surface area contributed by atoms with E-state index in [1.165, 1.54) is 5.56 Å². The standard InChI is InChI=1S/C23H19ClN4O/c24-17-5-1-4-15(14-17)21(29)26-18-9-7-16(8-10-18)23(11-3-12-23)22-27-19-6-2-13-25-20(19)28-22/h1-2,4-10,13-14H,3,11-12H2,(H,26,29)(H,25,27,28). The number of nitrogens with zero attached hydrogens (tertiary/aromatic N) is 2. The number of H-pyrrole nitrogens is 1. The van der Waals surface area contributed by atoms with Crippen LogP contribution in [0.4, 0.5) is 5.69 Å². The van der Waals surface area contributed by atoms with Gasteiger partial charge in [0.05, 0.1) is 10.9 Å². The molecule has 0 saturated heterocycles. The third-order valence-corrected chi connectivity index (χ3v) is 5.94. The molecular weight excluding hydrogens is 384 g/mol. The molecule has 1 amide bonds. The van der Waals surface area contributed by atoms with Gasteiger partial charge in [-0.3, -0.25) is 4.79 Å². The topological polar surface area (TPSA) is 70.7 Å². The highest BCUT2D eigenvalue weighted by Gasteiger charge is 2.43. The van der Waals surface area contributed by atoms with E-state index in [-0.39, 0.29) is 11.3 Å². The van der Waals surface area contributed by atoms with Crippen LogP contribution < -0.4 is 5.32 Å². The summed E-state index contributed by atoms with van der Waals surface area (Å²) in [6.07, 6.45) is 5.01. The summed E-state index contributed by atoms with van der Waals surface area (Å²) in [5, 5.41) is 3.47. The van der Waals surface area contributed by atoms with Crippen molar-refractivity contribution in [3.8, 4) is 0 Å². The Bertz CT molecular complexity index is 1160. The van der Waals surface area contributed by atoms with Crippen molar-refractivity contribution in [1.29, 1.82) is 0 Å². The van der Waals surface area contributed by atoms with E-state index in [9.17, 15) is 4.79 Å². The number of hydrogen-bond acceptors (Lipinski definition) is 3. The Kier molecular flexibility index (Phi) is 4.32. The van der Waals surface area contributed by atoms with E-state index in [2.05, 4.69) is 27.4 Å². The summed E-state index contributed by atoms with van der Waals surface area (Å²) in [6.45, 7) is 0. The highest BCUT2D eigenvalue weighted by atomic mass is 35.5. The van der Waals surface area contributed by atoms with E-state index < -0.39 is 0 Å². The van der Waals surface area contributed by atoms with E-state index in [0.717, 1.165) is 41.9 Å². The van der Waals surface area contributed by atoms with Gasteiger partial charge in [-0.25, -0.2) is 9.97 Å². The van der Waals surface area contributed by atoms with E-state index in [0.29, 0.717) is 10.6 Å². The van der Waals surface area contributed by atoms with Crippen molar-refractivity contribution in [3.05, 3.63) is 88.8 Å². The summed E-state index contributed by atoms with van der Waals surface area (Å²) in [5.41, 5.74) is 4.07. The summed E-state index contributed by atoms with van der Waals surface area (Å²) in [7, 11) is 0. The Morgan fingerprint density at radius 3 is 2.59 bits per heavy atom. The predicted octanol–water partition coefficient (Wildman–Crippen LogP) is 5.33. The van der Waals surface area contributed by atoms with Crippen LogP contribution in [0.25, 0.3) is 11.2 Å². The monoisotopic (exact) mass is 402 g/mol.